The fourth-order valence-corrected chi connectivity index (χ4v) is 3.66. The predicted octanol–water partition coefficient (Wildman–Crippen LogP) is -0.0995. The first-order valence-electron chi connectivity index (χ1n) is 6.87. The van der Waals surface area contributed by atoms with Crippen LogP contribution in [-0.4, -0.2) is 50.7 Å². The molecular formula is C14H16N2O6S. The first-order valence-corrected chi connectivity index (χ1v) is 8.31. The molecule has 1 aromatic carbocycles. The van der Waals surface area contributed by atoms with Crippen molar-refractivity contribution in [3.63, 3.8) is 0 Å². The number of methoxy groups -OCH3 is 1. The average molecular weight is 340 g/mol. The molecule has 0 saturated carbocycles. The minimum absolute atomic E-state index is 0.0611. The first-order chi connectivity index (χ1) is 10.9. The molecule has 1 aliphatic rings. The minimum atomic E-state index is -3.99. The van der Waals surface area contributed by atoms with Gasteiger partial charge in [-0.2, -0.15) is 0 Å². The maximum Gasteiger partial charge on any atom is 0.305 e. The lowest BCUT2D eigenvalue weighted by atomic mass is 10.2. The zero-order valence-electron chi connectivity index (χ0n) is 12.4. The van der Waals surface area contributed by atoms with Crippen LogP contribution in [0.4, 0.5) is 0 Å². The molecule has 9 heteroatoms. The largest absolute Gasteiger partial charge is 0.469 e. The Morgan fingerprint density at radius 1 is 1.26 bits per heavy atom. The van der Waals surface area contributed by atoms with Gasteiger partial charge in [-0.1, -0.05) is 12.1 Å². The van der Waals surface area contributed by atoms with Gasteiger partial charge in [-0.25, -0.2) is 12.7 Å². The molecule has 0 aromatic heterocycles. The highest BCUT2D eigenvalue weighted by molar-refractivity contribution is 7.90. The molecule has 0 saturated heterocycles. The molecule has 0 bridgehead atoms. The number of fused-ring (bicyclic) bond motifs is 1. The van der Waals surface area contributed by atoms with E-state index in [2.05, 4.69) is 10.1 Å². The molecule has 0 aliphatic carbocycles. The molecule has 1 N–H and O–H groups in total. The standard InChI is InChI=1S/C14H16N2O6S/c1-22-13(18)7-4-8-15-12(17)9-16-14(19)10-5-2-3-6-11(10)23(16,20)21/h2-3,5-6H,4,7-9H2,1H3,(H,15,17). The van der Waals surface area contributed by atoms with Gasteiger partial charge in [0.25, 0.3) is 15.9 Å². The Balaban J connectivity index is 1.95. The number of amides is 2. The lowest BCUT2D eigenvalue weighted by Crippen LogP contribution is -2.40. The van der Waals surface area contributed by atoms with E-state index >= 15 is 0 Å². The van der Waals surface area contributed by atoms with Crippen LogP contribution >= 0.6 is 0 Å². The molecule has 0 spiro atoms. The summed E-state index contributed by atoms with van der Waals surface area (Å²) in [6, 6.07) is 5.81. The van der Waals surface area contributed by atoms with Crippen LogP contribution in [0, 0.1) is 0 Å². The number of nitrogens with zero attached hydrogens (tertiary/aromatic N) is 1. The predicted molar refractivity (Wildman–Crippen MR) is 78.9 cm³/mol. The Kier molecular flexibility index (Phi) is 4.99. The van der Waals surface area contributed by atoms with Crippen molar-refractivity contribution in [3.8, 4) is 0 Å². The minimum Gasteiger partial charge on any atom is -0.469 e. The SMILES string of the molecule is COC(=O)CCCNC(=O)CN1C(=O)c2ccccc2S1(=O)=O. The lowest BCUT2D eigenvalue weighted by molar-refractivity contribution is -0.140. The Hall–Kier alpha value is -2.42. The second kappa shape index (κ2) is 6.78. The Morgan fingerprint density at radius 3 is 2.61 bits per heavy atom. The van der Waals surface area contributed by atoms with Gasteiger partial charge in [0, 0.05) is 13.0 Å². The van der Waals surface area contributed by atoms with E-state index in [9.17, 15) is 22.8 Å². The highest BCUT2D eigenvalue weighted by atomic mass is 32.2. The van der Waals surface area contributed by atoms with Gasteiger partial charge in [0.1, 0.15) is 11.4 Å². The summed E-state index contributed by atoms with van der Waals surface area (Å²) in [5.41, 5.74) is 0.0611. The maximum absolute atomic E-state index is 12.3. The maximum atomic E-state index is 12.3. The van der Waals surface area contributed by atoms with Crippen molar-refractivity contribution in [1.29, 1.82) is 0 Å². The number of ether oxygens (including phenoxy) is 1. The number of nitrogens with one attached hydrogen (secondary N) is 1. The molecule has 2 rings (SSSR count). The zero-order valence-corrected chi connectivity index (χ0v) is 13.3. The number of benzene rings is 1. The molecule has 1 heterocycles. The zero-order chi connectivity index (χ0) is 17.0. The molecule has 0 unspecified atom stereocenters. The lowest BCUT2D eigenvalue weighted by Gasteiger charge is -2.14. The van der Waals surface area contributed by atoms with Gasteiger partial charge >= 0.3 is 5.97 Å². The summed E-state index contributed by atoms with van der Waals surface area (Å²) < 4.78 is 29.5. The van der Waals surface area contributed by atoms with Gasteiger partial charge in [0.2, 0.25) is 5.91 Å². The third kappa shape index (κ3) is 3.50. The number of carbonyl (C=O) groups is 3. The monoisotopic (exact) mass is 340 g/mol. The highest BCUT2D eigenvalue weighted by Gasteiger charge is 2.41. The number of hydrogen-bond acceptors (Lipinski definition) is 6. The van der Waals surface area contributed by atoms with Crippen LogP contribution in [0.3, 0.4) is 0 Å². The molecule has 2 amide bonds. The third-order valence-electron chi connectivity index (χ3n) is 3.31. The first kappa shape index (κ1) is 16.9. The summed E-state index contributed by atoms with van der Waals surface area (Å²) in [5, 5.41) is 2.47. The van der Waals surface area contributed by atoms with E-state index in [1.165, 1.54) is 25.3 Å². The van der Waals surface area contributed by atoms with E-state index in [-0.39, 0.29) is 23.4 Å². The van der Waals surface area contributed by atoms with Gasteiger partial charge in [-0.15, -0.1) is 0 Å². The fraction of sp³-hybridized carbons (Fsp3) is 0.357. The molecule has 0 atom stereocenters. The molecular weight excluding hydrogens is 324 g/mol. The van der Waals surface area contributed by atoms with E-state index < -0.39 is 34.4 Å². The molecule has 0 radical (unpaired) electrons. The van der Waals surface area contributed by atoms with Crippen molar-refractivity contribution in [1.82, 2.24) is 9.62 Å². The molecule has 8 nitrogen and oxygen atoms in total. The summed E-state index contributed by atoms with van der Waals surface area (Å²) in [6.45, 7) is -0.406. The summed E-state index contributed by atoms with van der Waals surface area (Å²) in [7, 11) is -2.72. The average Bonchev–Trinajstić information content (AvgIpc) is 2.73. The van der Waals surface area contributed by atoms with Crippen molar-refractivity contribution >= 4 is 27.8 Å². The highest BCUT2D eigenvalue weighted by Crippen LogP contribution is 2.29. The van der Waals surface area contributed by atoms with Crippen molar-refractivity contribution < 1.29 is 27.5 Å². The summed E-state index contributed by atoms with van der Waals surface area (Å²) in [4.78, 5) is 34.8. The van der Waals surface area contributed by atoms with E-state index in [0.717, 1.165) is 0 Å². The Labute approximate surface area is 133 Å². The quantitative estimate of drug-likeness (QED) is 0.572. The second-order valence-corrected chi connectivity index (χ2v) is 6.67. The van der Waals surface area contributed by atoms with Crippen LogP contribution in [0.5, 0.6) is 0 Å². The summed E-state index contributed by atoms with van der Waals surface area (Å²) in [5.74, 6) is -1.73. The van der Waals surface area contributed by atoms with Crippen molar-refractivity contribution in [3.05, 3.63) is 29.8 Å². The number of hydrogen-bond donors (Lipinski definition) is 1. The van der Waals surface area contributed by atoms with Gasteiger partial charge < -0.3 is 10.1 Å². The number of carbonyl (C=O) groups excluding carboxylic acids is 3. The molecule has 1 aliphatic heterocycles. The normalized spacial score (nSPS) is 15.2. The molecule has 23 heavy (non-hydrogen) atoms. The van der Waals surface area contributed by atoms with Gasteiger partial charge in [-0.05, 0) is 18.6 Å². The topological polar surface area (TPSA) is 110 Å². The number of rotatable bonds is 6. The third-order valence-corrected chi connectivity index (χ3v) is 5.09. The van der Waals surface area contributed by atoms with Crippen LogP contribution in [0.15, 0.2) is 29.2 Å². The van der Waals surface area contributed by atoms with E-state index in [1.807, 2.05) is 0 Å². The van der Waals surface area contributed by atoms with Crippen molar-refractivity contribution in [2.75, 3.05) is 20.2 Å². The smallest absolute Gasteiger partial charge is 0.305 e. The van der Waals surface area contributed by atoms with Crippen LogP contribution in [-0.2, 0) is 24.3 Å². The van der Waals surface area contributed by atoms with Crippen LogP contribution in [0.2, 0.25) is 0 Å². The molecule has 1 aromatic rings. The number of esters is 1. The van der Waals surface area contributed by atoms with Crippen molar-refractivity contribution in [2.45, 2.75) is 17.7 Å². The summed E-state index contributed by atoms with van der Waals surface area (Å²) in [6.07, 6.45) is 0.502. The van der Waals surface area contributed by atoms with E-state index in [1.54, 1.807) is 6.07 Å². The van der Waals surface area contributed by atoms with Gasteiger partial charge in [-0.3, -0.25) is 14.4 Å². The van der Waals surface area contributed by atoms with Crippen LogP contribution in [0.1, 0.15) is 23.2 Å². The van der Waals surface area contributed by atoms with Gasteiger partial charge in [0.05, 0.1) is 12.7 Å². The van der Waals surface area contributed by atoms with Crippen LogP contribution < -0.4 is 5.32 Å². The second-order valence-electron chi connectivity index (χ2n) is 4.84. The van der Waals surface area contributed by atoms with Gasteiger partial charge in [0.15, 0.2) is 0 Å². The summed E-state index contributed by atoms with van der Waals surface area (Å²) >= 11 is 0. The number of sulfonamides is 1. The van der Waals surface area contributed by atoms with E-state index in [4.69, 9.17) is 0 Å². The Bertz CT molecular complexity index is 743. The van der Waals surface area contributed by atoms with E-state index in [0.29, 0.717) is 10.7 Å². The molecule has 0 fully saturated rings. The Morgan fingerprint density at radius 2 is 1.96 bits per heavy atom. The molecule has 124 valence electrons. The van der Waals surface area contributed by atoms with Crippen molar-refractivity contribution in [2.24, 2.45) is 0 Å². The fourth-order valence-electron chi connectivity index (χ4n) is 2.14. The van der Waals surface area contributed by atoms with Crippen LogP contribution in [0.25, 0.3) is 0 Å².